The highest BCUT2D eigenvalue weighted by molar-refractivity contribution is 7.91. The van der Waals surface area contributed by atoms with Crippen LogP contribution in [0, 0.1) is 18.3 Å². The molecule has 17 heavy (non-hydrogen) atoms. The Morgan fingerprint density at radius 1 is 1.47 bits per heavy atom. The largest absolute Gasteiger partial charge is 0.368 e. The van der Waals surface area contributed by atoms with E-state index < -0.39 is 9.84 Å². The summed E-state index contributed by atoms with van der Waals surface area (Å²) in [6.07, 6.45) is 0. The number of nitrogens with zero attached hydrogens (tertiary/aromatic N) is 2. The van der Waals surface area contributed by atoms with E-state index in [-0.39, 0.29) is 18.1 Å². The van der Waals surface area contributed by atoms with E-state index in [0.717, 1.165) is 5.69 Å². The van der Waals surface area contributed by atoms with Crippen LogP contribution < -0.4 is 5.32 Å². The number of hydrogen-bond donors (Lipinski definition) is 1. The number of aromatic nitrogens is 1. The van der Waals surface area contributed by atoms with Crippen LogP contribution in [0.5, 0.6) is 0 Å². The number of hydrogen-bond acceptors (Lipinski definition) is 5. The maximum atomic E-state index is 11.3. The standard InChI is InChI=1S/C11H15N3O2S/c1-3-17(15,16)7-6-13-11-10(8-12)5-4-9(2)14-11/h4-5H,3,6-7H2,1-2H3,(H,13,14). The fourth-order valence-electron chi connectivity index (χ4n) is 1.25. The van der Waals surface area contributed by atoms with Crippen molar-refractivity contribution >= 4 is 15.7 Å². The van der Waals surface area contributed by atoms with Gasteiger partial charge in [0.05, 0.1) is 11.3 Å². The molecule has 0 unspecified atom stereocenters. The number of nitriles is 1. The zero-order valence-corrected chi connectivity index (χ0v) is 10.7. The maximum absolute atomic E-state index is 11.3. The van der Waals surface area contributed by atoms with Crippen LogP contribution in [0.4, 0.5) is 5.82 Å². The molecular formula is C11H15N3O2S. The van der Waals surface area contributed by atoms with Gasteiger partial charge in [0.25, 0.3) is 0 Å². The highest BCUT2D eigenvalue weighted by Crippen LogP contribution is 2.11. The van der Waals surface area contributed by atoms with E-state index in [4.69, 9.17) is 5.26 Å². The third-order valence-electron chi connectivity index (χ3n) is 2.30. The first-order chi connectivity index (χ1) is 7.98. The fourth-order valence-corrected chi connectivity index (χ4v) is 1.95. The molecule has 0 amide bonds. The molecule has 92 valence electrons. The Morgan fingerprint density at radius 3 is 2.76 bits per heavy atom. The van der Waals surface area contributed by atoms with Crippen molar-refractivity contribution in [1.82, 2.24) is 4.98 Å². The molecule has 0 atom stereocenters. The Balaban J connectivity index is 2.70. The summed E-state index contributed by atoms with van der Waals surface area (Å²) < 4.78 is 22.6. The summed E-state index contributed by atoms with van der Waals surface area (Å²) in [5.41, 5.74) is 1.20. The molecule has 0 saturated heterocycles. The van der Waals surface area contributed by atoms with Crippen molar-refractivity contribution in [3.8, 4) is 6.07 Å². The van der Waals surface area contributed by atoms with Crippen LogP contribution in [-0.2, 0) is 9.84 Å². The van der Waals surface area contributed by atoms with E-state index in [2.05, 4.69) is 10.3 Å². The molecule has 0 spiro atoms. The second kappa shape index (κ2) is 5.64. The summed E-state index contributed by atoms with van der Waals surface area (Å²) in [4.78, 5) is 4.16. The minimum atomic E-state index is -2.99. The van der Waals surface area contributed by atoms with Gasteiger partial charge in [0, 0.05) is 18.0 Å². The summed E-state index contributed by atoms with van der Waals surface area (Å²) in [6, 6.07) is 5.42. The summed E-state index contributed by atoms with van der Waals surface area (Å²) in [7, 11) is -2.99. The van der Waals surface area contributed by atoms with Gasteiger partial charge in [-0.3, -0.25) is 0 Å². The van der Waals surface area contributed by atoms with Gasteiger partial charge in [0.1, 0.15) is 11.9 Å². The zero-order valence-electron chi connectivity index (χ0n) is 9.90. The van der Waals surface area contributed by atoms with E-state index in [9.17, 15) is 8.42 Å². The summed E-state index contributed by atoms with van der Waals surface area (Å²) in [5.74, 6) is 0.615. The van der Waals surface area contributed by atoms with Gasteiger partial charge in [-0.1, -0.05) is 6.92 Å². The van der Waals surface area contributed by atoms with Crippen molar-refractivity contribution in [1.29, 1.82) is 5.26 Å². The lowest BCUT2D eigenvalue weighted by atomic mass is 10.2. The molecule has 5 nitrogen and oxygen atoms in total. The molecule has 0 aliphatic carbocycles. The van der Waals surface area contributed by atoms with Gasteiger partial charge in [-0.05, 0) is 19.1 Å². The number of nitrogens with one attached hydrogen (secondary N) is 1. The third kappa shape index (κ3) is 4.04. The predicted octanol–water partition coefficient (Wildman–Crippen LogP) is 1.11. The first-order valence-corrected chi connectivity index (χ1v) is 7.12. The first kappa shape index (κ1) is 13.5. The number of aryl methyl sites for hydroxylation is 1. The summed E-state index contributed by atoms with van der Waals surface area (Å²) in [5, 5.41) is 11.7. The molecule has 1 N–H and O–H groups in total. The van der Waals surface area contributed by atoms with Crippen LogP contribution in [0.25, 0.3) is 0 Å². The van der Waals surface area contributed by atoms with E-state index in [1.807, 2.05) is 13.0 Å². The molecule has 1 aromatic rings. The van der Waals surface area contributed by atoms with Gasteiger partial charge in [-0.15, -0.1) is 0 Å². The average molecular weight is 253 g/mol. The minimum absolute atomic E-state index is 0.0456. The third-order valence-corrected chi connectivity index (χ3v) is 4.01. The summed E-state index contributed by atoms with van der Waals surface area (Å²) in [6.45, 7) is 3.69. The molecule has 0 radical (unpaired) electrons. The van der Waals surface area contributed by atoms with Crippen molar-refractivity contribution in [2.24, 2.45) is 0 Å². The van der Waals surface area contributed by atoms with Gasteiger partial charge in [0.15, 0.2) is 9.84 Å². The monoisotopic (exact) mass is 253 g/mol. The van der Waals surface area contributed by atoms with Crippen LogP contribution in [0.1, 0.15) is 18.2 Å². The molecule has 6 heteroatoms. The maximum Gasteiger partial charge on any atom is 0.151 e. The van der Waals surface area contributed by atoms with Crippen molar-refractivity contribution < 1.29 is 8.42 Å². The van der Waals surface area contributed by atoms with Crippen molar-refractivity contribution in [3.63, 3.8) is 0 Å². The zero-order chi connectivity index (χ0) is 12.9. The number of rotatable bonds is 5. The lowest BCUT2D eigenvalue weighted by Gasteiger charge is -2.07. The Kier molecular flexibility index (Phi) is 4.46. The van der Waals surface area contributed by atoms with Gasteiger partial charge in [-0.2, -0.15) is 5.26 Å². The second-order valence-electron chi connectivity index (χ2n) is 3.62. The van der Waals surface area contributed by atoms with Gasteiger partial charge >= 0.3 is 0 Å². The molecule has 0 bridgehead atoms. The van der Waals surface area contributed by atoms with Gasteiger partial charge in [-0.25, -0.2) is 13.4 Å². The van der Waals surface area contributed by atoms with Crippen LogP contribution in [-0.4, -0.2) is 31.5 Å². The quantitative estimate of drug-likeness (QED) is 0.849. The molecule has 1 aromatic heterocycles. The van der Waals surface area contributed by atoms with Gasteiger partial charge in [0.2, 0.25) is 0 Å². The number of pyridine rings is 1. The Morgan fingerprint density at radius 2 is 2.18 bits per heavy atom. The Hall–Kier alpha value is -1.61. The van der Waals surface area contributed by atoms with Crippen molar-refractivity contribution in [2.45, 2.75) is 13.8 Å². The number of sulfone groups is 1. The molecule has 0 aromatic carbocycles. The van der Waals surface area contributed by atoms with Crippen LogP contribution in [0.3, 0.4) is 0 Å². The van der Waals surface area contributed by atoms with E-state index in [1.165, 1.54) is 0 Å². The van der Waals surface area contributed by atoms with E-state index in [1.54, 1.807) is 19.1 Å². The topological polar surface area (TPSA) is 82.8 Å². The van der Waals surface area contributed by atoms with Gasteiger partial charge < -0.3 is 5.32 Å². The molecule has 0 saturated carbocycles. The molecule has 0 fully saturated rings. The lowest BCUT2D eigenvalue weighted by molar-refractivity contribution is 0.597. The number of anilines is 1. The Bertz CT molecular complexity index is 532. The molecular weight excluding hydrogens is 238 g/mol. The fraction of sp³-hybridized carbons (Fsp3) is 0.455. The van der Waals surface area contributed by atoms with Crippen molar-refractivity contribution in [3.05, 3.63) is 23.4 Å². The Labute approximate surface area is 101 Å². The lowest BCUT2D eigenvalue weighted by Crippen LogP contribution is -2.18. The predicted molar refractivity (Wildman–Crippen MR) is 66.5 cm³/mol. The van der Waals surface area contributed by atoms with Crippen molar-refractivity contribution in [2.75, 3.05) is 23.4 Å². The second-order valence-corrected chi connectivity index (χ2v) is 6.10. The average Bonchev–Trinajstić information content (AvgIpc) is 2.29. The summed E-state index contributed by atoms with van der Waals surface area (Å²) >= 11 is 0. The van der Waals surface area contributed by atoms with Crippen LogP contribution >= 0.6 is 0 Å². The smallest absolute Gasteiger partial charge is 0.151 e. The molecule has 1 heterocycles. The van der Waals surface area contributed by atoms with Crippen LogP contribution in [0.15, 0.2) is 12.1 Å². The minimum Gasteiger partial charge on any atom is -0.368 e. The first-order valence-electron chi connectivity index (χ1n) is 5.30. The van der Waals surface area contributed by atoms with E-state index in [0.29, 0.717) is 11.4 Å². The highest BCUT2D eigenvalue weighted by Gasteiger charge is 2.08. The molecule has 1 rings (SSSR count). The van der Waals surface area contributed by atoms with Crippen LogP contribution in [0.2, 0.25) is 0 Å². The highest BCUT2D eigenvalue weighted by atomic mass is 32.2. The molecule has 0 aliphatic rings. The van der Waals surface area contributed by atoms with E-state index >= 15 is 0 Å². The normalized spacial score (nSPS) is 10.9. The molecule has 0 aliphatic heterocycles. The SMILES string of the molecule is CCS(=O)(=O)CCNc1nc(C)ccc1C#N.